The largest absolute Gasteiger partial charge is 0.451 e. The second-order valence-corrected chi connectivity index (χ2v) is 32.7. The van der Waals surface area contributed by atoms with Gasteiger partial charge in [0.2, 0.25) is 0 Å². The number of rotatable bonds is 36. The predicted octanol–water partition coefficient (Wildman–Crippen LogP) is -13.3. The third-order valence-electron chi connectivity index (χ3n) is 16.3. The predicted molar refractivity (Wildman–Crippen MR) is 375 cm³/mol. The molecule has 5 aliphatic rings. The summed E-state index contributed by atoms with van der Waals surface area (Å²) in [7, 11) is -22.8. The van der Waals surface area contributed by atoms with E-state index in [2.05, 4.69) is 4.84 Å². The Morgan fingerprint density at radius 2 is 0.651 bits per heavy atom. The Balaban J connectivity index is -0.000000394. The van der Waals surface area contributed by atoms with Crippen LogP contribution < -0.4 is 50.0 Å². The van der Waals surface area contributed by atoms with Crippen LogP contribution in [0.25, 0.3) is 0 Å². The molecule has 61 heteroatoms. The van der Waals surface area contributed by atoms with Crippen LogP contribution in [-0.2, 0) is 109 Å². The van der Waals surface area contributed by atoms with Crippen LogP contribution >= 0.6 is 0 Å². The summed E-state index contributed by atoms with van der Waals surface area (Å²) in [5, 5.41) is 105. The van der Waals surface area contributed by atoms with Gasteiger partial charge in [-0.15, -0.1) is 4.41 Å². The average molecular weight is 1680 g/mol. The topological polar surface area (TPSA) is 835 Å². The molecule has 5 fully saturated rings. The van der Waals surface area contributed by atoms with Crippen LogP contribution in [0.2, 0.25) is 31.6 Å². The number of hydrazine groups is 1. The van der Waals surface area contributed by atoms with Crippen molar-refractivity contribution < 1.29 is 160 Å². The van der Waals surface area contributed by atoms with Crippen molar-refractivity contribution in [3.63, 3.8) is 0 Å². The minimum absolute atomic E-state index is 0.00481. The van der Waals surface area contributed by atoms with E-state index in [-0.39, 0.29) is 194 Å². The number of nitrogens with one attached hydrogen (secondary N) is 2. The molecule has 5 saturated heterocycles. The lowest BCUT2D eigenvalue weighted by Crippen LogP contribution is -2.49. The Bertz CT molecular complexity index is 3130. The Morgan fingerprint density at radius 1 is 0.413 bits per heavy atom. The van der Waals surface area contributed by atoms with E-state index in [1.54, 1.807) is 6.92 Å². The maximum absolute atomic E-state index is 12.3. The van der Waals surface area contributed by atoms with Crippen LogP contribution in [0.1, 0.15) is 78.1 Å². The first kappa shape index (κ1) is 113. The highest BCUT2D eigenvalue weighted by molar-refractivity contribution is 7.87. The molecule has 0 saturated carbocycles. The molecule has 0 aromatic rings. The van der Waals surface area contributed by atoms with Crippen molar-refractivity contribution in [1.82, 2.24) is 44.6 Å². The van der Waals surface area contributed by atoms with Gasteiger partial charge in [-0.1, -0.05) is 50.8 Å². The first-order chi connectivity index (χ1) is 50.7. The van der Waals surface area contributed by atoms with Crippen LogP contribution in [0.3, 0.4) is 0 Å². The molecule has 0 amide bonds. The zero-order valence-corrected chi connectivity index (χ0v) is 64.8. The maximum atomic E-state index is 12.3. The molecule has 634 valence electrons. The van der Waals surface area contributed by atoms with Crippen molar-refractivity contribution in [3.05, 3.63) is 0 Å². The van der Waals surface area contributed by atoms with Gasteiger partial charge in [0, 0.05) is 122 Å². The van der Waals surface area contributed by atoms with Crippen molar-refractivity contribution in [1.29, 1.82) is 0 Å². The maximum Gasteiger partial charge on any atom is 0.451 e. The van der Waals surface area contributed by atoms with Gasteiger partial charge in [0.25, 0.3) is 10.2 Å². The Morgan fingerprint density at radius 3 is 0.872 bits per heavy atom. The fourth-order valence-corrected chi connectivity index (χ4v) is 17.2. The molecule has 0 bridgehead atoms. The first-order valence-electron chi connectivity index (χ1n) is 33.0. The van der Waals surface area contributed by atoms with E-state index in [1.165, 1.54) is 43.2 Å². The lowest BCUT2D eigenvalue weighted by atomic mass is 9.82. The molecule has 0 radical (unpaired) electrons. The highest BCUT2D eigenvalue weighted by Gasteiger charge is 2.43. The summed E-state index contributed by atoms with van der Waals surface area (Å²) in [6, 6.07) is -1.35. The molecule has 0 aromatic carbocycles. The summed E-state index contributed by atoms with van der Waals surface area (Å²) >= 11 is 0. The van der Waals surface area contributed by atoms with Gasteiger partial charge in [-0.3, -0.25) is 20.7 Å². The highest BCUT2D eigenvalue weighted by Crippen LogP contribution is 2.29. The minimum atomic E-state index is -3.85. The summed E-state index contributed by atoms with van der Waals surface area (Å²) in [5.41, 5.74) is 34.8. The van der Waals surface area contributed by atoms with Crippen LogP contribution in [0.15, 0.2) is 0 Å². The zero-order chi connectivity index (χ0) is 85.6. The van der Waals surface area contributed by atoms with Crippen molar-refractivity contribution in [3.8, 4) is 0 Å². The summed E-state index contributed by atoms with van der Waals surface area (Å²) < 4.78 is 127. The van der Waals surface area contributed by atoms with Gasteiger partial charge in [-0.2, -0.15) is 112 Å². The van der Waals surface area contributed by atoms with E-state index in [0.29, 0.717) is 88.3 Å². The van der Waals surface area contributed by atoms with Gasteiger partial charge in [-0.25, -0.2) is 0 Å². The molecule has 5 rings (SSSR count). The number of hydrogen-bond donors (Lipinski definition) is 21. The molecular formula is C48H108B5N17O34S5. The third kappa shape index (κ3) is 47.9. The molecule has 0 spiro atoms. The van der Waals surface area contributed by atoms with Crippen molar-refractivity contribution in [2.24, 2.45) is 69.8 Å². The van der Waals surface area contributed by atoms with Gasteiger partial charge in [0.15, 0.2) is 0 Å². The monoisotopic (exact) mass is 1680 g/mol. The van der Waals surface area contributed by atoms with Crippen molar-refractivity contribution >= 4 is 117 Å². The number of hydroxylamine groups is 2. The van der Waals surface area contributed by atoms with E-state index < -0.39 is 86.6 Å². The Hall–Kier alpha value is -4.27. The number of hydrogen-bond acceptors (Lipinski definition) is 41. The van der Waals surface area contributed by atoms with Crippen LogP contribution in [0, 0.1) is 29.6 Å². The van der Waals surface area contributed by atoms with Crippen molar-refractivity contribution in [2.75, 3.05) is 106 Å². The molecule has 28 N–H and O–H groups in total. The van der Waals surface area contributed by atoms with E-state index in [4.69, 9.17) is 148 Å². The summed E-state index contributed by atoms with van der Waals surface area (Å²) in [5.74, 6) is 5.48. The van der Waals surface area contributed by atoms with Gasteiger partial charge in [0.1, 0.15) is 0 Å². The number of nitrogens with zero attached hydrogens (tertiary/aromatic N) is 8. The second-order valence-electron chi connectivity index (χ2n) is 23.9. The molecule has 5 aliphatic heterocycles. The first-order valence-corrected chi connectivity index (χ1v) is 40.0. The smallest absolute Gasteiger partial charge is 0.427 e. The fourth-order valence-electron chi connectivity index (χ4n) is 11.0. The van der Waals surface area contributed by atoms with E-state index in [9.17, 15) is 47.3 Å². The molecule has 0 unspecified atom stereocenters. The Labute approximate surface area is 635 Å². The molecule has 51 nitrogen and oxygen atoms in total. The standard InChI is InChI=1S/C10H24BN3O5S.C9H24BN5O4S.C9H22BN3O5S.C8H20BN3O5S.C7H18BN3O5S.5CO2/c1-3-14(19-2)20(17,18)13-7-9(10(12)8-13)5-4-6-11(15)16;11-4-5-15(13)20(18,19)14-6-8(9(12)7-14)2-1-3-10(16)17;1-2-13(16)19(17,18)12-6-8(9(11)7-12)4-3-5-10(14)15;1-17-11-18(15,16)12-5-7(8(10)6-12)3-2-4-9(13)14;9-7-5-11(17(15,16)10-14)4-6(7)2-1-3-8(12)13;5*2-1-3/h9-10,15-16H,3-8,12H2,1-2H3;8-9,16-17H,1-7,11-13H2;8-9,14-16H,2-7,11H2,1H3;7-8,11,13-14H,2-6,10H2,1H3;6-7,10,12-14H,1-5,9H2;;;;;/t9-,10-;2*8-,9-;7-,8-;6-,7-;;;;;/m00000...../s1. The van der Waals surface area contributed by atoms with E-state index in [0.717, 1.165) is 13.2 Å². The second kappa shape index (κ2) is 62.1. The quantitative estimate of drug-likeness (QED) is 0.0157. The fraction of sp³-hybridized carbons (Fsp3) is 0.896. The van der Waals surface area contributed by atoms with Crippen molar-refractivity contribution in [2.45, 2.75) is 140 Å². The third-order valence-corrected chi connectivity index (χ3v) is 24.2. The molecule has 10 atom stereocenters. The molecular weight excluding hydrogens is 1570 g/mol. The summed E-state index contributed by atoms with van der Waals surface area (Å²) in [6.45, 7) is 6.12. The summed E-state index contributed by atoms with van der Waals surface area (Å²) in [4.78, 5) is 93.7. The molecule has 0 aliphatic carbocycles. The molecule has 0 aromatic heterocycles. The van der Waals surface area contributed by atoms with Gasteiger partial charge in [0.05, 0.1) is 14.2 Å². The van der Waals surface area contributed by atoms with Crippen LogP contribution in [-0.4, -0.2) is 340 Å². The average Bonchev–Trinajstić information content (AvgIpc) is 1.72. The molecule has 109 heavy (non-hydrogen) atoms. The highest BCUT2D eigenvalue weighted by atomic mass is 32.2. The van der Waals surface area contributed by atoms with Crippen LogP contribution in [0.4, 0.5) is 0 Å². The minimum Gasteiger partial charge on any atom is -0.427 e. The lowest BCUT2D eigenvalue weighted by Gasteiger charge is -2.24. The van der Waals surface area contributed by atoms with Gasteiger partial charge >= 0.3 is 107 Å². The van der Waals surface area contributed by atoms with E-state index >= 15 is 0 Å². The van der Waals surface area contributed by atoms with Crippen LogP contribution in [0.5, 0.6) is 0 Å². The normalized spacial score (nSPS) is 22.1. The van der Waals surface area contributed by atoms with Gasteiger partial charge < -0.3 is 89.8 Å². The van der Waals surface area contributed by atoms with Gasteiger partial charge in [-0.05, 0) is 107 Å². The SMILES string of the molecule is CCN(O)S(=O)(=O)N1C[C@H](CCCB(O)O)[C@@H](N)C1.CCN(OC)S(=O)(=O)N1C[C@H](CCCB(O)O)[C@@H](N)C1.CONS(=O)(=O)N1C[C@H](CCCB(O)O)[C@@H](N)C1.NCCN(N)S(=O)(=O)N1C[C@H](CCCB(O)O)[C@@H](N)C1.N[C@H]1CN(S(=O)(=O)NO)C[C@@H]1CCCB(O)O.O=C=O.O=C=O.O=C=O.O=C=O.O=C=O. The van der Waals surface area contributed by atoms with E-state index in [1.807, 2.05) is 4.89 Å². The Kier molecular flexibility index (Phi) is 64.6. The zero-order valence-electron chi connectivity index (χ0n) is 60.7. The summed E-state index contributed by atoms with van der Waals surface area (Å²) in [6.07, 6.45) is 8.69. The lowest BCUT2D eigenvalue weighted by molar-refractivity contribution is -0.193. The number of nitrogens with two attached hydrogens (primary N) is 7. The molecule has 5 heterocycles. The number of carbonyl (C=O) groups excluding carboxylic acids is 10.